The fourth-order valence-corrected chi connectivity index (χ4v) is 4.85. The molecule has 3 rings (SSSR count). The summed E-state index contributed by atoms with van der Waals surface area (Å²) in [7, 11) is -3.08. The maximum absolute atomic E-state index is 12.3. The van der Waals surface area contributed by atoms with Gasteiger partial charge in [-0.3, -0.25) is 4.99 Å². The normalized spacial score (nSPS) is 24.4. The summed E-state index contributed by atoms with van der Waals surface area (Å²) in [6.45, 7) is 6.57. The molecule has 7 nitrogen and oxygen atoms in total. The molecule has 1 aromatic rings. The van der Waals surface area contributed by atoms with Crippen molar-refractivity contribution < 1.29 is 17.6 Å². The zero-order chi connectivity index (χ0) is 19.3. The van der Waals surface area contributed by atoms with E-state index in [-0.39, 0.29) is 35.8 Å². The molecule has 2 saturated heterocycles. The van der Waals surface area contributed by atoms with Crippen LogP contribution >= 0.6 is 24.0 Å². The summed E-state index contributed by atoms with van der Waals surface area (Å²) in [6, 6.07) is 3.83. The number of aliphatic imine (C=N–C) groups is 1. The van der Waals surface area contributed by atoms with Gasteiger partial charge in [-0.05, 0) is 45.2 Å². The number of nitrogens with one attached hydrogen (secondary N) is 1. The van der Waals surface area contributed by atoms with Crippen LogP contribution in [0.3, 0.4) is 0 Å². The monoisotopic (exact) mass is 525 g/mol. The lowest BCUT2D eigenvalue weighted by Crippen LogP contribution is -2.57. The second-order valence-electron chi connectivity index (χ2n) is 7.91. The van der Waals surface area contributed by atoms with Crippen molar-refractivity contribution in [1.82, 2.24) is 10.2 Å². The first-order valence-electron chi connectivity index (χ1n) is 9.77. The Hall–Kier alpha value is -0.810. The van der Waals surface area contributed by atoms with Crippen LogP contribution in [-0.4, -0.2) is 68.7 Å². The molecule has 28 heavy (non-hydrogen) atoms. The van der Waals surface area contributed by atoms with E-state index in [9.17, 15) is 8.42 Å². The van der Waals surface area contributed by atoms with Gasteiger partial charge in [-0.15, -0.1) is 24.0 Å². The van der Waals surface area contributed by atoms with Crippen molar-refractivity contribution in [2.75, 3.05) is 38.5 Å². The first-order chi connectivity index (χ1) is 12.9. The van der Waals surface area contributed by atoms with Gasteiger partial charge in [-0.2, -0.15) is 0 Å². The smallest absolute Gasteiger partial charge is 0.194 e. The molecular weight excluding hydrogens is 493 g/mol. The van der Waals surface area contributed by atoms with Crippen LogP contribution in [0, 0.1) is 0 Å². The van der Waals surface area contributed by atoms with E-state index in [1.165, 1.54) is 6.42 Å². The lowest BCUT2D eigenvalue weighted by Gasteiger charge is -2.39. The quantitative estimate of drug-likeness (QED) is 0.362. The number of guanidine groups is 1. The summed E-state index contributed by atoms with van der Waals surface area (Å²) in [4.78, 5) is 6.85. The van der Waals surface area contributed by atoms with Gasteiger partial charge in [0.05, 0.1) is 29.4 Å². The van der Waals surface area contributed by atoms with Crippen LogP contribution in [0.1, 0.15) is 38.9 Å². The Labute approximate surface area is 185 Å². The predicted octanol–water partition coefficient (Wildman–Crippen LogP) is 2.46. The highest BCUT2D eigenvalue weighted by Crippen LogP contribution is 2.24. The Kier molecular flexibility index (Phi) is 8.62. The van der Waals surface area contributed by atoms with Crippen LogP contribution in [0.2, 0.25) is 0 Å². The van der Waals surface area contributed by atoms with Crippen LogP contribution in [-0.2, 0) is 21.0 Å². The van der Waals surface area contributed by atoms with Crippen LogP contribution in [0.15, 0.2) is 27.8 Å². The van der Waals surface area contributed by atoms with E-state index < -0.39 is 14.6 Å². The largest absolute Gasteiger partial charge is 0.469 e. The number of sulfone groups is 1. The molecule has 0 spiro atoms. The Bertz CT molecular complexity index is 728. The van der Waals surface area contributed by atoms with Crippen molar-refractivity contribution in [2.24, 2.45) is 4.99 Å². The third kappa shape index (κ3) is 6.09. The van der Waals surface area contributed by atoms with E-state index >= 15 is 0 Å². The van der Waals surface area contributed by atoms with Gasteiger partial charge in [-0.1, -0.05) is 0 Å². The molecule has 1 aromatic heterocycles. The molecule has 9 heteroatoms. The number of rotatable bonds is 5. The van der Waals surface area contributed by atoms with Gasteiger partial charge in [0, 0.05) is 32.7 Å². The third-order valence-electron chi connectivity index (χ3n) is 5.30. The van der Waals surface area contributed by atoms with E-state index in [0.29, 0.717) is 26.2 Å². The summed E-state index contributed by atoms with van der Waals surface area (Å²) < 4.78 is 35.0. The third-order valence-corrected chi connectivity index (χ3v) is 7.83. The van der Waals surface area contributed by atoms with Crippen LogP contribution < -0.4 is 5.32 Å². The molecule has 0 aromatic carbocycles. The summed E-state index contributed by atoms with van der Waals surface area (Å²) in [5.74, 6) is 1.83. The topological polar surface area (TPSA) is 84.1 Å². The number of nitrogens with zero attached hydrogens (tertiary/aromatic N) is 2. The summed E-state index contributed by atoms with van der Waals surface area (Å²) in [6.07, 6.45) is 5.90. The number of ether oxygens (including phenoxy) is 1. The van der Waals surface area contributed by atoms with Gasteiger partial charge < -0.3 is 19.4 Å². The number of hydrogen-bond donors (Lipinski definition) is 1. The Morgan fingerprint density at radius 2 is 2.21 bits per heavy atom. The second kappa shape index (κ2) is 10.3. The molecule has 2 aliphatic heterocycles. The van der Waals surface area contributed by atoms with Crippen molar-refractivity contribution in [3.63, 3.8) is 0 Å². The molecule has 2 fully saturated rings. The zero-order valence-corrected chi connectivity index (χ0v) is 19.9. The zero-order valence-electron chi connectivity index (χ0n) is 16.7. The molecule has 1 unspecified atom stereocenters. The Morgan fingerprint density at radius 3 is 2.86 bits per heavy atom. The van der Waals surface area contributed by atoms with Crippen LogP contribution in [0.5, 0.6) is 0 Å². The first-order valence-corrected chi connectivity index (χ1v) is 11.4. The molecule has 1 atom stereocenters. The molecule has 1 N–H and O–H groups in total. The SMILES string of the molecule is CC1(C)CN(C(=NCC2CCCCO2)NCCc2ccco2)CCS1(=O)=O.I. The predicted molar refractivity (Wildman–Crippen MR) is 121 cm³/mol. The van der Waals surface area contributed by atoms with Crippen LogP contribution in [0.4, 0.5) is 0 Å². The molecule has 2 aliphatic rings. The van der Waals surface area contributed by atoms with Gasteiger partial charge in [-0.25, -0.2) is 8.42 Å². The number of furan rings is 1. The summed E-state index contributed by atoms with van der Waals surface area (Å²) in [5.41, 5.74) is 0. The van der Waals surface area contributed by atoms with Crippen LogP contribution in [0.25, 0.3) is 0 Å². The Morgan fingerprint density at radius 1 is 1.39 bits per heavy atom. The van der Waals surface area contributed by atoms with E-state index in [2.05, 4.69) is 10.2 Å². The van der Waals surface area contributed by atoms with Crippen molar-refractivity contribution in [3.05, 3.63) is 24.2 Å². The lowest BCUT2D eigenvalue weighted by molar-refractivity contribution is 0.0223. The minimum atomic E-state index is -3.08. The fourth-order valence-electron chi connectivity index (χ4n) is 3.48. The highest BCUT2D eigenvalue weighted by atomic mass is 127. The van der Waals surface area contributed by atoms with E-state index in [4.69, 9.17) is 14.1 Å². The van der Waals surface area contributed by atoms with E-state index in [1.54, 1.807) is 20.1 Å². The maximum Gasteiger partial charge on any atom is 0.194 e. The molecular formula is C19H32IN3O4S. The molecule has 160 valence electrons. The highest BCUT2D eigenvalue weighted by Gasteiger charge is 2.41. The standard InChI is InChI=1S/C19H31N3O4S.HI/c1-19(2)15-22(10-13-27(19,23)24)18(20-9-8-16-7-5-12-25-16)21-14-17-6-3-4-11-26-17;/h5,7,12,17H,3-4,6,8-11,13-15H2,1-2H3,(H,20,21);1H. The minimum Gasteiger partial charge on any atom is -0.469 e. The minimum absolute atomic E-state index is 0. The van der Waals surface area contributed by atoms with Gasteiger partial charge in [0.2, 0.25) is 0 Å². The molecule has 0 bridgehead atoms. The van der Waals surface area contributed by atoms with E-state index in [1.807, 2.05) is 12.1 Å². The van der Waals surface area contributed by atoms with Gasteiger partial charge in [0.25, 0.3) is 0 Å². The van der Waals surface area contributed by atoms with E-state index in [0.717, 1.165) is 37.6 Å². The van der Waals surface area contributed by atoms with Crippen molar-refractivity contribution in [3.8, 4) is 0 Å². The van der Waals surface area contributed by atoms with Crippen molar-refractivity contribution >= 4 is 39.8 Å². The van der Waals surface area contributed by atoms with Gasteiger partial charge in [0.15, 0.2) is 15.8 Å². The van der Waals surface area contributed by atoms with Crippen molar-refractivity contribution in [2.45, 2.75) is 50.4 Å². The van der Waals surface area contributed by atoms with Gasteiger partial charge in [0.1, 0.15) is 5.76 Å². The van der Waals surface area contributed by atoms with Gasteiger partial charge >= 0.3 is 0 Å². The molecule has 0 radical (unpaired) electrons. The molecule has 3 heterocycles. The number of hydrogen-bond acceptors (Lipinski definition) is 5. The molecule has 0 amide bonds. The average Bonchev–Trinajstić information content (AvgIpc) is 3.15. The molecule has 0 aliphatic carbocycles. The first kappa shape index (κ1) is 23.5. The summed E-state index contributed by atoms with van der Waals surface area (Å²) in [5, 5.41) is 3.40. The van der Waals surface area contributed by atoms with Crippen molar-refractivity contribution in [1.29, 1.82) is 0 Å². The highest BCUT2D eigenvalue weighted by molar-refractivity contribution is 14.0. The molecule has 0 saturated carbocycles. The Balaban J connectivity index is 0.00000280. The summed E-state index contributed by atoms with van der Waals surface area (Å²) >= 11 is 0. The lowest BCUT2D eigenvalue weighted by atomic mass is 10.1. The maximum atomic E-state index is 12.3. The second-order valence-corrected chi connectivity index (χ2v) is 10.7. The fraction of sp³-hybridized carbons (Fsp3) is 0.737. The average molecular weight is 525 g/mol. The number of halogens is 1.